The maximum absolute atomic E-state index is 12.1. The third-order valence-corrected chi connectivity index (χ3v) is 5.05. The number of rotatable bonds is 7. The number of hydrogen-bond acceptors (Lipinski definition) is 5. The summed E-state index contributed by atoms with van der Waals surface area (Å²) in [6.45, 7) is 3.04. The van der Waals surface area contributed by atoms with Crippen molar-refractivity contribution in [3.05, 3.63) is 59.2 Å². The van der Waals surface area contributed by atoms with Crippen LogP contribution in [0.2, 0.25) is 0 Å². The summed E-state index contributed by atoms with van der Waals surface area (Å²) in [4.78, 5) is 36.3. The molecule has 28 heavy (non-hydrogen) atoms. The summed E-state index contributed by atoms with van der Waals surface area (Å²) in [7, 11) is -1.36. The molecule has 2 N–H and O–H groups in total. The average Bonchev–Trinajstić information content (AvgIpc) is 2.68. The monoisotopic (exact) mass is 402 g/mol. The third-order valence-electron chi connectivity index (χ3n) is 4.08. The lowest BCUT2D eigenvalue weighted by molar-refractivity contribution is -0.126. The molecule has 2 aromatic rings. The summed E-state index contributed by atoms with van der Waals surface area (Å²) in [6.07, 6.45) is 1.45. The van der Waals surface area contributed by atoms with Gasteiger partial charge in [-0.15, -0.1) is 0 Å². The Balaban J connectivity index is 1.83. The molecule has 0 aliphatic heterocycles. The Morgan fingerprint density at radius 2 is 1.71 bits per heavy atom. The number of esters is 1. The number of amides is 2. The van der Waals surface area contributed by atoms with E-state index in [-0.39, 0.29) is 18.0 Å². The van der Waals surface area contributed by atoms with Crippen molar-refractivity contribution < 1.29 is 23.3 Å². The molecule has 0 radical (unpaired) electrons. The summed E-state index contributed by atoms with van der Waals surface area (Å²) in [5.41, 5.74) is 2.81. The van der Waals surface area contributed by atoms with Crippen LogP contribution in [0.15, 0.2) is 47.4 Å². The summed E-state index contributed by atoms with van der Waals surface area (Å²) >= 11 is 0. The molecule has 1 atom stereocenters. The van der Waals surface area contributed by atoms with E-state index in [2.05, 4.69) is 10.6 Å². The quantitative estimate of drug-likeness (QED) is 0.690. The Hall–Kier alpha value is -3.00. The first-order valence-electron chi connectivity index (χ1n) is 8.52. The smallest absolute Gasteiger partial charge is 0.339 e. The van der Waals surface area contributed by atoms with Crippen LogP contribution in [0.4, 0.5) is 5.69 Å². The van der Waals surface area contributed by atoms with E-state index in [0.717, 1.165) is 11.1 Å². The molecule has 2 rings (SSSR count). The first-order valence-corrected chi connectivity index (χ1v) is 10.1. The van der Waals surface area contributed by atoms with Crippen molar-refractivity contribution in [3.63, 3.8) is 0 Å². The van der Waals surface area contributed by atoms with Gasteiger partial charge in [-0.25, -0.2) is 4.79 Å². The standard InChI is InChI=1S/C20H22N2O5S/c1-13-7-6-9-16(14(13)2)22-18(23)11-21-19(24)12-27-20(25)15-8-4-5-10-17(15)28(3)26/h4-10H,11-12H2,1-3H3,(H,21,24)(H,22,23)/t28-/m0/s1. The van der Waals surface area contributed by atoms with Crippen LogP contribution in [0, 0.1) is 13.8 Å². The van der Waals surface area contributed by atoms with Crippen LogP contribution in [0.3, 0.4) is 0 Å². The highest BCUT2D eigenvalue weighted by Crippen LogP contribution is 2.17. The minimum atomic E-state index is -1.36. The predicted octanol–water partition coefficient (Wildman–Crippen LogP) is 1.95. The van der Waals surface area contributed by atoms with Gasteiger partial charge in [-0.2, -0.15) is 0 Å². The van der Waals surface area contributed by atoms with Gasteiger partial charge >= 0.3 is 5.97 Å². The molecule has 0 bridgehead atoms. The highest BCUT2D eigenvalue weighted by atomic mass is 32.2. The highest BCUT2D eigenvalue weighted by Gasteiger charge is 2.16. The van der Waals surface area contributed by atoms with Crippen molar-refractivity contribution in [2.45, 2.75) is 18.7 Å². The fourth-order valence-corrected chi connectivity index (χ4v) is 3.14. The number of nitrogens with one attached hydrogen (secondary N) is 2. The summed E-state index contributed by atoms with van der Waals surface area (Å²) in [5.74, 6) is -1.75. The predicted molar refractivity (Wildman–Crippen MR) is 107 cm³/mol. The van der Waals surface area contributed by atoms with Crippen LogP contribution in [0.5, 0.6) is 0 Å². The van der Waals surface area contributed by atoms with Crippen molar-refractivity contribution in [1.29, 1.82) is 0 Å². The number of carbonyl (C=O) groups is 3. The molecule has 0 unspecified atom stereocenters. The van der Waals surface area contributed by atoms with E-state index in [1.54, 1.807) is 24.3 Å². The second-order valence-corrected chi connectivity index (χ2v) is 7.45. The van der Waals surface area contributed by atoms with Crippen molar-refractivity contribution in [1.82, 2.24) is 5.32 Å². The first kappa shape index (κ1) is 21.3. The Labute approximate surface area is 165 Å². The number of anilines is 1. The maximum atomic E-state index is 12.1. The van der Waals surface area contributed by atoms with Crippen molar-refractivity contribution in [2.24, 2.45) is 0 Å². The number of carbonyl (C=O) groups excluding carboxylic acids is 3. The lowest BCUT2D eigenvalue weighted by Gasteiger charge is -2.11. The zero-order valence-electron chi connectivity index (χ0n) is 15.9. The van der Waals surface area contributed by atoms with Gasteiger partial charge in [0.1, 0.15) is 0 Å². The van der Waals surface area contributed by atoms with Gasteiger partial charge in [0.05, 0.1) is 27.8 Å². The van der Waals surface area contributed by atoms with Gasteiger partial charge in [0, 0.05) is 11.9 Å². The Morgan fingerprint density at radius 1 is 1.00 bits per heavy atom. The molecule has 0 fully saturated rings. The Morgan fingerprint density at radius 3 is 2.43 bits per heavy atom. The molecule has 0 heterocycles. The molecule has 8 heteroatoms. The lowest BCUT2D eigenvalue weighted by Crippen LogP contribution is -2.35. The largest absolute Gasteiger partial charge is 0.452 e. The molecule has 0 spiro atoms. The van der Waals surface area contributed by atoms with Gasteiger partial charge < -0.3 is 15.4 Å². The molecular weight excluding hydrogens is 380 g/mol. The van der Waals surface area contributed by atoms with Crippen molar-refractivity contribution in [3.8, 4) is 0 Å². The van der Waals surface area contributed by atoms with E-state index < -0.39 is 29.3 Å². The topological polar surface area (TPSA) is 102 Å². The normalized spacial score (nSPS) is 11.4. The van der Waals surface area contributed by atoms with E-state index >= 15 is 0 Å². The zero-order chi connectivity index (χ0) is 20.7. The fraction of sp³-hybridized carbons (Fsp3) is 0.250. The van der Waals surface area contributed by atoms with Gasteiger partial charge in [-0.3, -0.25) is 13.8 Å². The first-order chi connectivity index (χ1) is 13.3. The molecule has 0 saturated heterocycles. The number of ether oxygens (including phenoxy) is 1. The second-order valence-electron chi connectivity index (χ2n) is 6.10. The molecule has 0 aliphatic rings. The lowest BCUT2D eigenvalue weighted by atomic mass is 10.1. The third kappa shape index (κ3) is 5.75. The summed E-state index contributed by atoms with van der Waals surface area (Å²) in [5, 5.41) is 5.11. The van der Waals surface area contributed by atoms with Gasteiger partial charge in [-0.05, 0) is 43.2 Å². The molecule has 148 valence electrons. The van der Waals surface area contributed by atoms with Crippen molar-refractivity contribution in [2.75, 3.05) is 24.7 Å². The van der Waals surface area contributed by atoms with Gasteiger partial charge in [-0.1, -0.05) is 24.3 Å². The Bertz CT molecular complexity index is 927. The summed E-state index contributed by atoms with van der Waals surface area (Å²) < 4.78 is 16.6. The number of aryl methyl sites for hydroxylation is 1. The molecule has 2 amide bonds. The minimum absolute atomic E-state index is 0.142. The second kappa shape index (κ2) is 9.80. The van der Waals surface area contributed by atoms with Crippen LogP contribution in [-0.4, -0.2) is 41.4 Å². The number of benzene rings is 2. The molecular formula is C20H22N2O5S. The van der Waals surface area contributed by atoms with Gasteiger partial charge in [0.2, 0.25) is 5.91 Å². The van der Waals surface area contributed by atoms with Crippen LogP contribution >= 0.6 is 0 Å². The van der Waals surface area contributed by atoms with Crippen LogP contribution in [-0.2, 0) is 25.1 Å². The zero-order valence-corrected chi connectivity index (χ0v) is 16.7. The fourth-order valence-electron chi connectivity index (χ4n) is 2.41. The molecule has 2 aromatic carbocycles. The van der Waals surface area contributed by atoms with Gasteiger partial charge in [0.25, 0.3) is 5.91 Å². The summed E-state index contributed by atoms with van der Waals surface area (Å²) in [6, 6.07) is 11.9. The minimum Gasteiger partial charge on any atom is -0.452 e. The molecule has 0 saturated carbocycles. The number of hydrogen-bond donors (Lipinski definition) is 2. The van der Waals surface area contributed by atoms with Crippen molar-refractivity contribution >= 4 is 34.3 Å². The molecule has 7 nitrogen and oxygen atoms in total. The SMILES string of the molecule is Cc1cccc(NC(=O)CNC(=O)COC(=O)c2ccccc2[S@](C)=O)c1C. The van der Waals surface area contributed by atoms with Crippen LogP contribution in [0.1, 0.15) is 21.5 Å². The van der Waals surface area contributed by atoms with E-state index in [0.29, 0.717) is 10.6 Å². The Kier molecular flexibility index (Phi) is 7.45. The molecule has 0 aliphatic carbocycles. The van der Waals surface area contributed by atoms with Gasteiger partial charge in [0.15, 0.2) is 6.61 Å². The van der Waals surface area contributed by atoms with E-state index in [9.17, 15) is 18.6 Å². The van der Waals surface area contributed by atoms with E-state index in [1.807, 2.05) is 26.0 Å². The molecule has 0 aromatic heterocycles. The van der Waals surface area contributed by atoms with E-state index in [4.69, 9.17) is 4.74 Å². The van der Waals surface area contributed by atoms with Crippen LogP contribution in [0.25, 0.3) is 0 Å². The highest BCUT2D eigenvalue weighted by molar-refractivity contribution is 7.84. The van der Waals surface area contributed by atoms with E-state index in [1.165, 1.54) is 12.3 Å². The van der Waals surface area contributed by atoms with Crippen LogP contribution < -0.4 is 10.6 Å². The average molecular weight is 402 g/mol. The maximum Gasteiger partial charge on any atom is 0.339 e.